The van der Waals surface area contributed by atoms with Crippen LogP contribution in [0, 0.1) is 23.2 Å². The first-order chi connectivity index (χ1) is 29.6. The van der Waals surface area contributed by atoms with Gasteiger partial charge >= 0.3 is 5.69 Å². The normalized spacial score (nSPS) is 26.2. The number of rotatable bonds is 16. The Morgan fingerprint density at radius 3 is 2.69 bits per heavy atom. The summed E-state index contributed by atoms with van der Waals surface area (Å²) in [6.45, 7) is 1.77. The molecule has 5 fully saturated rings. The molecular weight excluding hydrogens is 785 g/mol. The Morgan fingerprint density at radius 1 is 1.07 bits per heavy atom. The summed E-state index contributed by atoms with van der Waals surface area (Å²) in [6.07, 6.45) is 14.6. The molecule has 322 valence electrons. The number of aryl methyl sites for hydroxylation is 2. The topological polar surface area (TPSA) is 163 Å². The zero-order valence-electron chi connectivity index (χ0n) is 34.5. The summed E-state index contributed by atoms with van der Waals surface area (Å²) in [6, 6.07) is 8.96. The van der Waals surface area contributed by atoms with E-state index >= 15 is 0 Å². The number of halogens is 2. The van der Waals surface area contributed by atoms with E-state index in [4.69, 9.17) is 9.15 Å². The number of ether oxygens (including phenoxy) is 1. The molecule has 5 heterocycles. The number of piperidine rings is 1. The molecule has 1 aromatic carbocycles. The summed E-state index contributed by atoms with van der Waals surface area (Å²) in [7, 11) is 1.73. The standard InChI is InChI=1S/C45H53F2N9O5/c1-54-40-27(4-2-6-35(40)56(44(54)59)36-9-10-38(57)52-42(36)58)5-3-17-60-32-18-29(19-32)33-21-45(33)14-11-31(12-15-45)55-24-34(39(53-55)41(46)47)49-23-30-25-61-43(51-30)28-13-16-48-37(20-28)50-22-26-7-8-26/h2,4,6,13,16,20,24-26,29,31-33,36,41,49H,3,5,7-12,14-15,17-19,21-23H2,1H3,(H,48,50)(H,52,57,58). The number of hydrogen-bond donors (Lipinski definition) is 3. The summed E-state index contributed by atoms with van der Waals surface area (Å²) in [5, 5.41) is 13.3. The van der Waals surface area contributed by atoms with Crippen molar-refractivity contribution in [2.75, 3.05) is 23.8 Å². The van der Waals surface area contributed by atoms with E-state index in [1.54, 1.807) is 35.0 Å². The van der Waals surface area contributed by atoms with Crippen molar-refractivity contribution in [2.45, 2.75) is 115 Å². The van der Waals surface area contributed by atoms with E-state index in [0.29, 0.717) is 53.1 Å². The number of amides is 2. The predicted molar refractivity (Wildman–Crippen MR) is 223 cm³/mol. The molecule has 5 aromatic rings. The Balaban J connectivity index is 0.676. The van der Waals surface area contributed by atoms with Crippen LogP contribution in [0.5, 0.6) is 0 Å². The summed E-state index contributed by atoms with van der Waals surface area (Å²) in [5.74, 6) is 2.59. The molecule has 4 aliphatic carbocycles. The molecule has 1 saturated heterocycles. The van der Waals surface area contributed by atoms with Crippen LogP contribution in [0.4, 0.5) is 20.3 Å². The third kappa shape index (κ3) is 7.99. The van der Waals surface area contributed by atoms with Crippen LogP contribution in [0.25, 0.3) is 22.5 Å². The number of oxazole rings is 1. The van der Waals surface area contributed by atoms with Crippen molar-refractivity contribution in [3.8, 4) is 11.5 Å². The van der Waals surface area contributed by atoms with Crippen LogP contribution < -0.4 is 21.6 Å². The van der Waals surface area contributed by atoms with Crippen molar-refractivity contribution in [1.29, 1.82) is 0 Å². The average Bonchev–Trinajstić information content (AvgIpc) is 4.04. The molecule has 1 aliphatic heterocycles. The highest BCUT2D eigenvalue weighted by Gasteiger charge is 2.60. The number of carbonyl (C=O) groups excluding carboxylic acids is 2. The van der Waals surface area contributed by atoms with Crippen LogP contribution in [-0.2, 0) is 34.3 Å². The van der Waals surface area contributed by atoms with Gasteiger partial charge in [-0.15, -0.1) is 0 Å². The Kier molecular flexibility index (Phi) is 10.5. The minimum Gasteiger partial charge on any atom is -0.444 e. The van der Waals surface area contributed by atoms with Crippen molar-refractivity contribution < 1.29 is 27.5 Å². The van der Waals surface area contributed by atoms with Crippen LogP contribution in [-0.4, -0.2) is 60.0 Å². The van der Waals surface area contributed by atoms with Gasteiger partial charge in [-0.25, -0.2) is 23.5 Å². The number of imide groups is 1. The van der Waals surface area contributed by atoms with Gasteiger partial charge in [0.2, 0.25) is 17.7 Å². The number of carbonyl (C=O) groups is 2. The van der Waals surface area contributed by atoms with Gasteiger partial charge in [-0.05, 0) is 124 Å². The van der Waals surface area contributed by atoms with E-state index in [1.165, 1.54) is 23.8 Å². The lowest BCUT2D eigenvalue weighted by Gasteiger charge is -2.38. The Morgan fingerprint density at radius 2 is 1.90 bits per heavy atom. The number of pyridine rings is 1. The van der Waals surface area contributed by atoms with Gasteiger partial charge in [0.15, 0.2) is 5.69 Å². The molecule has 2 unspecified atom stereocenters. The van der Waals surface area contributed by atoms with Gasteiger partial charge in [-0.2, -0.15) is 5.10 Å². The molecule has 0 bridgehead atoms. The average molecular weight is 838 g/mol. The number of fused-ring (bicyclic) bond motifs is 1. The SMILES string of the molecule is Cn1c(=O)n(C2CCC(=O)NC2=O)c2cccc(CCCOC3CC(C4CC45CCC(n4cc(NCc6coc(-c7ccnc(NCC8CC8)c7)n6)c(C(F)F)n4)CC5)C3)c21. The van der Waals surface area contributed by atoms with Gasteiger partial charge in [0.25, 0.3) is 6.43 Å². The predicted octanol–water partition coefficient (Wildman–Crippen LogP) is 7.49. The van der Waals surface area contributed by atoms with Crippen LogP contribution in [0.15, 0.2) is 58.2 Å². The molecule has 0 radical (unpaired) electrons. The summed E-state index contributed by atoms with van der Waals surface area (Å²) in [5.41, 5.74) is 4.17. The van der Waals surface area contributed by atoms with E-state index in [1.807, 2.05) is 30.3 Å². The first-order valence-corrected chi connectivity index (χ1v) is 22.0. The monoisotopic (exact) mass is 837 g/mol. The van der Waals surface area contributed by atoms with Gasteiger partial charge in [0, 0.05) is 44.6 Å². The van der Waals surface area contributed by atoms with Crippen LogP contribution in [0.1, 0.15) is 113 Å². The Bertz CT molecular complexity index is 2490. The van der Waals surface area contributed by atoms with Crippen molar-refractivity contribution in [2.24, 2.45) is 30.2 Å². The zero-order chi connectivity index (χ0) is 41.8. The minimum atomic E-state index is -2.70. The number of hydrogen-bond acceptors (Lipinski definition) is 10. The summed E-state index contributed by atoms with van der Waals surface area (Å²) in [4.78, 5) is 46.6. The number of aromatic nitrogens is 6. The smallest absolute Gasteiger partial charge is 0.329 e. The minimum absolute atomic E-state index is 0.0923. The molecule has 1 spiro atoms. The molecule has 2 amide bonds. The summed E-state index contributed by atoms with van der Waals surface area (Å²) < 4.78 is 45.4. The molecule has 5 aliphatic rings. The largest absolute Gasteiger partial charge is 0.444 e. The number of alkyl halides is 2. The number of imidazole rings is 1. The Hall–Kier alpha value is -5.38. The molecule has 16 heteroatoms. The molecule has 14 nitrogen and oxygen atoms in total. The second-order valence-electron chi connectivity index (χ2n) is 18.2. The van der Waals surface area contributed by atoms with E-state index < -0.39 is 18.4 Å². The van der Waals surface area contributed by atoms with Crippen molar-refractivity contribution in [3.05, 3.63) is 76.4 Å². The van der Waals surface area contributed by atoms with Crippen molar-refractivity contribution in [3.63, 3.8) is 0 Å². The zero-order valence-corrected chi connectivity index (χ0v) is 34.5. The number of nitrogens with one attached hydrogen (secondary N) is 3. The fraction of sp³-hybridized carbons (Fsp3) is 0.556. The molecule has 2 atom stereocenters. The maximum atomic E-state index is 14.2. The first-order valence-electron chi connectivity index (χ1n) is 22.0. The van der Waals surface area contributed by atoms with Crippen molar-refractivity contribution >= 4 is 34.4 Å². The highest BCUT2D eigenvalue weighted by atomic mass is 19.3. The fourth-order valence-corrected chi connectivity index (χ4v) is 10.4. The second-order valence-corrected chi connectivity index (χ2v) is 18.2. The molecule has 10 rings (SSSR count). The molecule has 3 N–H and O–H groups in total. The highest BCUT2D eigenvalue weighted by Crippen LogP contribution is 2.68. The van der Waals surface area contributed by atoms with E-state index in [2.05, 4.69) is 31.0 Å². The number of benzene rings is 1. The van der Waals surface area contributed by atoms with Crippen LogP contribution >= 0.6 is 0 Å². The highest BCUT2D eigenvalue weighted by molar-refractivity contribution is 6.00. The van der Waals surface area contributed by atoms with Gasteiger partial charge < -0.3 is 19.8 Å². The number of para-hydroxylation sites is 1. The molecule has 4 saturated carbocycles. The second kappa shape index (κ2) is 16.1. The maximum absolute atomic E-state index is 14.2. The van der Waals surface area contributed by atoms with E-state index in [9.17, 15) is 23.2 Å². The Labute approximate surface area is 351 Å². The van der Waals surface area contributed by atoms with E-state index in [-0.39, 0.29) is 42.4 Å². The molecule has 61 heavy (non-hydrogen) atoms. The quantitative estimate of drug-likeness (QED) is 0.0671. The summed E-state index contributed by atoms with van der Waals surface area (Å²) >= 11 is 0. The number of nitrogens with zero attached hydrogens (tertiary/aromatic N) is 6. The third-order valence-electron chi connectivity index (χ3n) is 14.2. The van der Waals surface area contributed by atoms with Gasteiger partial charge in [-0.3, -0.25) is 28.7 Å². The maximum Gasteiger partial charge on any atom is 0.329 e. The fourth-order valence-electron chi connectivity index (χ4n) is 10.4. The first kappa shape index (κ1) is 39.7. The van der Waals surface area contributed by atoms with E-state index in [0.717, 1.165) is 86.3 Å². The van der Waals surface area contributed by atoms with Gasteiger partial charge in [0.05, 0.1) is 41.1 Å². The lowest BCUT2D eigenvalue weighted by Crippen LogP contribution is -2.44. The lowest BCUT2D eigenvalue weighted by molar-refractivity contribution is -0.135. The molecular formula is C45H53F2N9O5. The number of anilines is 2. The third-order valence-corrected chi connectivity index (χ3v) is 14.2. The van der Waals surface area contributed by atoms with Crippen LogP contribution in [0.2, 0.25) is 0 Å². The lowest BCUT2D eigenvalue weighted by atomic mass is 9.72. The van der Waals surface area contributed by atoms with Gasteiger partial charge in [-0.1, -0.05) is 12.1 Å². The van der Waals surface area contributed by atoms with Crippen LogP contribution in [0.3, 0.4) is 0 Å². The van der Waals surface area contributed by atoms with Gasteiger partial charge in [0.1, 0.15) is 18.1 Å². The molecule has 4 aromatic heterocycles. The van der Waals surface area contributed by atoms with Crippen molar-refractivity contribution in [1.82, 2.24) is 34.2 Å².